The van der Waals surface area contributed by atoms with Gasteiger partial charge in [0.25, 0.3) is 0 Å². The van der Waals surface area contributed by atoms with E-state index in [2.05, 4.69) is 5.10 Å². The Labute approximate surface area is 105 Å². The van der Waals surface area contributed by atoms with Gasteiger partial charge in [0, 0.05) is 6.54 Å². The third kappa shape index (κ3) is 2.23. The minimum atomic E-state index is -0.869. The zero-order chi connectivity index (χ0) is 12.4. The van der Waals surface area contributed by atoms with E-state index in [1.165, 1.54) is 0 Å². The molecule has 2 heterocycles. The van der Waals surface area contributed by atoms with E-state index in [4.69, 9.17) is 16.0 Å². The molecule has 2 aromatic heterocycles. The molecule has 17 heavy (non-hydrogen) atoms. The van der Waals surface area contributed by atoms with Crippen LogP contribution in [0.1, 0.15) is 36.5 Å². The van der Waals surface area contributed by atoms with Gasteiger partial charge in [-0.05, 0) is 25.0 Å². The predicted octanol–water partition coefficient (Wildman–Crippen LogP) is 2.93. The summed E-state index contributed by atoms with van der Waals surface area (Å²) < 4.78 is 7.01. The normalized spacial score (nSPS) is 12.9. The van der Waals surface area contributed by atoms with Crippen molar-refractivity contribution in [1.82, 2.24) is 9.78 Å². The van der Waals surface area contributed by atoms with Gasteiger partial charge in [0.2, 0.25) is 0 Å². The number of aromatic nitrogens is 2. The third-order valence-electron chi connectivity index (χ3n) is 2.68. The van der Waals surface area contributed by atoms with Gasteiger partial charge in [0.05, 0.1) is 23.2 Å². The smallest absolute Gasteiger partial charge is 0.155 e. The SMILES string of the molecule is CCCn1ncc(Cl)c1C(O)c1occc1C. The lowest BCUT2D eigenvalue weighted by Crippen LogP contribution is -2.10. The van der Waals surface area contributed by atoms with Gasteiger partial charge in [-0.3, -0.25) is 4.68 Å². The number of aryl methyl sites for hydroxylation is 2. The molecule has 0 radical (unpaired) electrons. The van der Waals surface area contributed by atoms with Gasteiger partial charge >= 0.3 is 0 Å². The van der Waals surface area contributed by atoms with Crippen molar-refractivity contribution in [1.29, 1.82) is 0 Å². The Balaban J connectivity index is 2.39. The van der Waals surface area contributed by atoms with Crippen molar-refractivity contribution in [2.45, 2.75) is 32.9 Å². The van der Waals surface area contributed by atoms with Crippen molar-refractivity contribution < 1.29 is 9.52 Å². The van der Waals surface area contributed by atoms with Gasteiger partial charge < -0.3 is 9.52 Å². The fourth-order valence-electron chi connectivity index (χ4n) is 1.82. The number of furan rings is 1. The number of rotatable bonds is 4. The molecule has 0 aliphatic heterocycles. The first-order chi connectivity index (χ1) is 8.15. The average molecular weight is 255 g/mol. The van der Waals surface area contributed by atoms with E-state index in [-0.39, 0.29) is 0 Å². The summed E-state index contributed by atoms with van der Waals surface area (Å²) in [6.07, 6.45) is 3.16. The van der Waals surface area contributed by atoms with Gasteiger partial charge in [0.15, 0.2) is 6.10 Å². The summed E-state index contributed by atoms with van der Waals surface area (Å²) in [5.74, 6) is 0.518. The maximum absolute atomic E-state index is 10.3. The lowest BCUT2D eigenvalue weighted by atomic mass is 10.1. The minimum absolute atomic E-state index is 0.460. The maximum Gasteiger partial charge on any atom is 0.155 e. The Hall–Kier alpha value is -1.26. The number of aliphatic hydroxyl groups excluding tert-OH is 1. The van der Waals surface area contributed by atoms with Crippen molar-refractivity contribution in [2.24, 2.45) is 0 Å². The lowest BCUT2D eigenvalue weighted by Gasteiger charge is -2.12. The largest absolute Gasteiger partial charge is 0.466 e. The maximum atomic E-state index is 10.3. The van der Waals surface area contributed by atoms with Crippen LogP contribution in [0.5, 0.6) is 0 Å². The van der Waals surface area contributed by atoms with Crippen LogP contribution in [0, 0.1) is 6.92 Å². The topological polar surface area (TPSA) is 51.2 Å². The molecule has 0 aromatic carbocycles. The highest BCUT2D eigenvalue weighted by molar-refractivity contribution is 6.31. The summed E-state index contributed by atoms with van der Waals surface area (Å²) in [4.78, 5) is 0. The summed E-state index contributed by atoms with van der Waals surface area (Å²) in [5.41, 5.74) is 1.49. The van der Waals surface area contributed by atoms with Crippen LogP contribution in [0.25, 0.3) is 0 Å². The van der Waals surface area contributed by atoms with Crippen LogP contribution >= 0.6 is 11.6 Å². The van der Waals surface area contributed by atoms with E-state index >= 15 is 0 Å². The molecule has 0 aliphatic carbocycles. The molecule has 0 spiro atoms. The van der Waals surface area contributed by atoms with Crippen LogP contribution in [0.4, 0.5) is 0 Å². The van der Waals surface area contributed by atoms with E-state index < -0.39 is 6.10 Å². The molecule has 1 N–H and O–H groups in total. The highest BCUT2D eigenvalue weighted by Gasteiger charge is 2.23. The molecule has 0 amide bonds. The lowest BCUT2D eigenvalue weighted by molar-refractivity contribution is 0.177. The molecule has 4 nitrogen and oxygen atoms in total. The van der Waals surface area contributed by atoms with Crippen molar-refractivity contribution in [2.75, 3.05) is 0 Å². The second-order valence-corrected chi connectivity index (χ2v) is 4.38. The van der Waals surface area contributed by atoms with E-state index in [0.717, 1.165) is 18.5 Å². The Bertz CT molecular complexity index is 504. The van der Waals surface area contributed by atoms with Crippen LogP contribution < -0.4 is 0 Å². The first kappa shape index (κ1) is 12.2. The van der Waals surface area contributed by atoms with E-state index in [9.17, 15) is 5.11 Å². The molecule has 0 saturated carbocycles. The van der Waals surface area contributed by atoms with Crippen molar-refractivity contribution >= 4 is 11.6 Å². The monoisotopic (exact) mass is 254 g/mol. The van der Waals surface area contributed by atoms with E-state index in [1.54, 1.807) is 17.1 Å². The van der Waals surface area contributed by atoms with Crippen LogP contribution in [0.3, 0.4) is 0 Å². The summed E-state index contributed by atoms with van der Waals surface area (Å²) >= 11 is 6.06. The molecular weight excluding hydrogens is 240 g/mol. The fourth-order valence-corrected chi connectivity index (χ4v) is 2.07. The Morgan fingerprint density at radius 3 is 2.94 bits per heavy atom. The van der Waals surface area contributed by atoms with Crippen LogP contribution in [0.2, 0.25) is 5.02 Å². The molecule has 0 bridgehead atoms. The Morgan fingerprint density at radius 2 is 2.35 bits per heavy atom. The first-order valence-electron chi connectivity index (χ1n) is 5.58. The Morgan fingerprint density at radius 1 is 1.59 bits per heavy atom. The van der Waals surface area contributed by atoms with E-state index in [1.807, 2.05) is 19.9 Å². The summed E-state index contributed by atoms with van der Waals surface area (Å²) in [6.45, 7) is 4.65. The van der Waals surface area contributed by atoms with Gasteiger partial charge in [-0.15, -0.1) is 0 Å². The van der Waals surface area contributed by atoms with Crippen LogP contribution in [0.15, 0.2) is 22.9 Å². The average Bonchev–Trinajstić information content (AvgIpc) is 2.86. The second-order valence-electron chi connectivity index (χ2n) is 3.97. The number of aliphatic hydroxyl groups is 1. The molecule has 2 rings (SSSR count). The fraction of sp³-hybridized carbons (Fsp3) is 0.417. The molecule has 0 fully saturated rings. The zero-order valence-electron chi connectivity index (χ0n) is 9.85. The number of hydrogen-bond donors (Lipinski definition) is 1. The summed E-state index contributed by atoms with van der Waals surface area (Å²) in [6, 6.07) is 1.81. The summed E-state index contributed by atoms with van der Waals surface area (Å²) in [7, 11) is 0. The molecule has 2 aromatic rings. The van der Waals surface area contributed by atoms with Crippen LogP contribution in [-0.4, -0.2) is 14.9 Å². The first-order valence-corrected chi connectivity index (χ1v) is 5.96. The molecular formula is C12H15ClN2O2. The number of nitrogens with zero attached hydrogens (tertiary/aromatic N) is 2. The summed E-state index contributed by atoms with van der Waals surface area (Å²) in [5, 5.41) is 14.9. The van der Waals surface area contributed by atoms with Crippen molar-refractivity contribution in [3.05, 3.63) is 40.6 Å². The number of hydrogen-bond acceptors (Lipinski definition) is 3. The number of halogens is 1. The van der Waals surface area contributed by atoms with E-state index in [0.29, 0.717) is 16.5 Å². The van der Waals surface area contributed by atoms with Gasteiger partial charge in [-0.1, -0.05) is 18.5 Å². The van der Waals surface area contributed by atoms with Gasteiger partial charge in [-0.25, -0.2) is 0 Å². The highest BCUT2D eigenvalue weighted by Crippen LogP contribution is 2.30. The zero-order valence-corrected chi connectivity index (χ0v) is 10.6. The van der Waals surface area contributed by atoms with Crippen molar-refractivity contribution in [3.8, 4) is 0 Å². The quantitative estimate of drug-likeness (QED) is 0.913. The minimum Gasteiger partial charge on any atom is -0.466 e. The second kappa shape index (κ2) is 4.94. The Kier molecular flexibility index (Phi) is 3.54. The molecule has 92 valence electrons. The molecule has 1 unspecified atom stereocenters. The highest BCUT2D eigenvalue weighted by atomic mass is 35.5. The van der Waals surface area contributed by atoms with Gasteiger partial charge in [0.1, 0.15) is 5.76 Å². The molecule has 5 heteroatoms. The third-order valence-corrected chi connectivity index (χ3v) is 2.97. The molecule has 1 atom stereocenters. The van der Waals surface area contributed by atoms with Crippen molar-refractivity contribution in [3.63, 3.8) is 0 Å². The van der Waals surface area contributed by atoms with Gasteiger partial charge in [-0.2, -0.15) is 5.10 Å². The molecule has 0 aliphatic rings. The standard InChI is InChI=1S/C12H15ClN2O2/c1-3-5-15-10(9(13)7-14-15)11(16)12-8(2)4-6-17-12/h4,6-7,11,16H,3,5H2,1-2H3. The molecule has 0 saturated heterocycles. The predicted molar refractivity (Wildman–Crippen MR) is 65.0 cm³/mol. The van der Waals surface area contributed by atoms with Crippen LogP contribution in [-0.2, 0) is 6.54 Å².